The van der Waals surface area contributed by atoms with Gasteiger partial charge in [-0.25, -0.2) is 0 Å². The van der Waals surface area contributed by atoms with E-state index in [0.29, 0.717) is 40.0 Å². The fourth-order valence-electron chi connectivity index (χ4n) is 5.23. The van der Waals surface area contributed by atoms with Crippen LogP contribution in [0.2, 0.25) is 5.02 Å². The highest BCUT2D eigenvalue weighted by molar-refractivity contribution is 6.30. The van der Waals surface area contributed by atoms with Gasteiger partial charge in [0.05, 0.1) is 25.3 Å². The molecule has 0 radical (unpaired) electrons. The number of carboxylic acids is 1. The molecular formula is C31H30ClF3N2O6. The SMILES string of the molecule is COc1cc(NC(C(=O)N2CC3(CC3)c3ccc(OC(F)(F)F)cc32)c2ccc(Cl)cc2)cc(OCCC(C)C(=O)O)c1. The van der Waals surface area contributed by atoms with E-state index in [9.17, 15) is 22.8 Å². The van der Waals surface area contributed by atoms with E-state index in [4.69, 9.17) is 26.2 Å². The van der Waals surface area contributed by atoms with Gasteiger partial charge in [0.1, 0.15) is 23.3 Å². The summed E-state index contributed by atoms with van der Waals surface area (Å²) in [6.07, 6.45) is -2.94. The van der Waals surface area contributed by atoms with Gasteiger partial charge in [-0.15, -0.1) is 13.2 Å². The number of carboxylic acid groups (broad SMARTS) is 1. The molecule has 228 valence electrons. The van der Waals surface area contributed by atoms with Crippen LogP contribution in [-0.2, 0) is 15.0 Å². The number of rotatable bonds is 11. The molecule has 1 saturated carbocycles. The van der Waals surface area contributed by atoms with E-state index in [1.165, 1.54) is 24.1 Å². The predicted molar refractivity (Wildman–Crippen MR) is 154 cm³/mol. The van der Waals surface area contributed by atoms with Crippen molar-refractivity contribution in [3.8, 4) is 17.2 Å². The fraction of sp³-hybridized carbons (Fsp3) is 0.355. The van der Waals surface area contributed by atoms with Crippen molar-refractivity contribution in [3.05, 3.63) is 76.8 Å². The quantitative estimate of drug-likeness (QED) is 0.240. The van der Waals surface area contributed by atoms with Crippen molar-refractivity contribution in [2.24, 2.45) is 5.92 Å². The minimum Gasteiger partial charge on any atom is -0.497 e. The average molecular weight is 619 g/mol. The van der Waals surface area contributed by atoms with Gasteiger partial charge < -0.3 is 29.5 Å². The van der Waals surface area contributed by atoms with E-state index in [-0.39, 0.29) is 24.3 Å². The highest BCUT2D eigenvalue weighted by atomic mass is 35.5. The summed E-state index contributed by atoms with van der Waals surface area (Å²) in [6, 6.07) is 14.9. The zero-order valence-electron chi connectivity index (χ0n) is 23.4. The zero-order chi connectivity index (χ0) is 30.9. The lowest BCUT2D eigenvalue weighted by Crippen LogP contribution is -2.38. The summed E-state index contributed by atoms with van der Waals surface area (Å²) in [5.41, 5.74) is 1.96. The summed E-state index contributed by atoms with van der Waals surface area (Å²) in [5, 5.41) is 12.9. The van der Waals surface area contributed by atoms with Crippen LogP contribution >= 0.6 is 11.6 Å². The Morgan fingerprint density at radius 1 is 1.05 bits per heavy atom. The van der Waals surface area contributed by atoms with E-state index < -0.39 is 30.0 Å². The Kier molecular flexibility index (Phi) is 8.38. The van der Waals surface area contributed by atoms with Crippen LogP contribution in [0.3, 0.4) is 0 Å². The Morgan fingerprint density at radius 3 is 2.37 bits per heavy atom. The molecule has 2 atom stereocenters. The molecule has 2 N–H and O–H groups in total. The van der Waals surface area contributed by atoms with Crippen LogP contribution in [0.5, 0.6) is 17.2 Å². The third-order valence-electron chi connectivity index (χ3n) is 7.76. The number of hydrogen-bond donors (Lipinski definition) is 2. The van der Waals surface area contributed by atoms with E-state index in [1.807, 2.05) is 0 Å². The van der Waals surface area contributed by atoms with Gasteiger partial charge in [0.2, 0.25) is 0 Å². The molecule has 2 aliphatic rings. The summed E-state index contributed by atoms with van der Waals surface area (Å²) in [6.45, 7) is 2.07. The van der Waals surface area contributed by atoms with Gasteiger partial charge in [-0.2, -0.15) is 0 Å². The first-order valence-electron chi connectivity index (χ1n) is 13.7. The molecule has 3 aromatic rings. The Hall–Kier alpha value is -4.12. The molecule has 3 aromatic carbocycles. The largest absolute Gasteiger partial charge is 0.573 e. The summed E-state index contributed by atoms with van der Waals surface area (Å²) in [4.78, 5) is 27.0. The van der Waals surface area contributed by atoms with Gasteiger partial charge >= 0.3 is 12.3 Å². The maximum Gasteiger partial charge on any atom is 0.573 e. The number of fused-ring (bicyclic) bond motifs is 2. The normalized spacial score (nSPS) is 16.3. The minimum absolute atomic E-state index is 0.147. The Labute approximate surface area is 251 Å². The van der Waals surface area contributed by atoms with Crippen molar-refractivity contribution < 1.29 is 42.1 Å². The lowest BCUT2D eigenvalue weighted by atomic mass is 9.99. The third kappa shape index (κ3) is 6.93. The minimum atomic E-state index is -4.87. The summed E-state index contributed by atoms with van der Waals surface area (Å²) < 4.78 is 54.4. The number of nitrogens with one attached hydrogen (secondary N) is 1. The van der Waals surface area contributed by atoms with Crippen molar-refractivity contribution in [2.75, 3.05) is 30.5 Å². The number of halogens is 4. The van der Waals surface area contributed by atoms with Crippen LogP contribution in [0.15, 0.2) is 60.7 Å². The highest BCUT2D eigenvalue weighted by Gasteiger charge is 2.54. The number of amides is 1. The standard InChI is InChI=1S/C31H30ClF3N2O6/c1-18(29(39)40)9-12-42-24-14-21(13-23(15-24)41-2)36-27(19-3-5-20(32)6-4-19)28(38)37-17-30(10-11-30)25-8-7-22(16-26(25)37)43-31(33,34)35/h3-8,13-16,18,27,36H,9-12,17H2,1-2H3,(H,39,40). The molecule has 1 amide bonds. The van der Waals surface area contributed by atoms with Crippen LogP contribution in [0.1, 0.15) is 43.4 Å². The molecule has 1 aliphatic heterocycles. The van der Waals surface area contributed by atoms with Crippen LogP contribution in [0.25, 0.3) is 0 Å². The van der Waals surface area contributed by atoms with Crippen molar-refractivity contribution >= 4 is 34.9 Å². The zero-order valence-corrected chi connectivity index (χ0v) is 24.2. The number of alkyl halides is 3. The number of methoxy groups -OCH3 is 1. The number of carbonyl (C=O) groups is 2. The van der Waals surface area contributed by atoms with Crippen LogP contribution in [0.4, 0.5) is 24.5 Å². The molecule has 0 saturated heterocycles. The summed E-state index contributed by atoms with van der Waals surface area (Å²) >= 11 is 6.13. The predicted octanol–water partition coefficient (Wildman–Crippen LogP) is 6.97. The number of aliphatic carboxylic acids is 1. The van der Waals surface area contributed by atoms with Gasteiger partial charge in [0, 0.05) is 46.9 Å². The molecule has 2 unspecified atom stereocenters. The maximum absolute atomic E-state index is 14.3. The molecule has 8 nitrogen and oxygen atoms in total. The van der Waals surface area contributed by atoms with Gasteiger partial charge in [-0.3, -0.25) is 9.59 Å². The smallest absolute Gasteiger partial charge is 0.497 e. The first-order valence-corrected chi connectivity index (χ1v) is 14.0. The van der Waals surface area contributed by atoms with Crippen LogP contribution < -0.4 is 24.4 Å². The van der Waals surface area contributed by atoms with Gasteiger partial charge in [-0.1, -0.05) is 36.7 Å². The van der Waals surface area contributed by atoms with Crippen LogP contribution in [-0.4, -0.2) is 43.6 Å². The molecule has 0 aromatic heterocycles. The number of hydrogen-bond acceptors (Lipinski definition) is 6. The molecule has 1 fully saturated rings. The van der Waals surface area contributed by atoms with Crippen molar-refractivity contribution in [2.45, 2.75) is 44.0 Å². The number of benzene rings is 3. The molecule has 1 aliphatic carbocycles. The van der Waals surface area contributed by atoms with Crippen LogP contribution in [0, 0.1) is 5.92 Å². The Bertz CT molecular complexity index is 1510. The van der Waals surface area contributed by atoms with Gasteiger partial charge in [-0.05, 0) is 48.6 Å². The molecule has 5 rings (SSSR count). The average Bonchev–Trinajstić information content (AvgIpc) is 3.67. The highest BCUT2D eigenvalue weighted by Crippen LogP contribution is 2.57. The van der Waals surface area contributed by atoms with Gasteiger partial charge in [0.15, 0.2) is 0 Å². The second kappa shape index (κ2) is 11.9. The second-order valence-electron chi connectivity index (χ2n) is 10.8. The number of nitrogens with zero attached hydrogens (tertiary/aromatic N) is 1. The van der Waals surface area contributed by atoms with Crippen molar-refractivity contribution in [1.29, 1.82) is 0 Å². The number of anilines is 2. The van der Waals surface area contributed by atoms with E-state index in [0.717, 1.165) is 18.4 Å². The first kappa shape index (κ1) is 30.3. The fourth-order valence-corrected chi connectivity index (χ4v) is 5.35. The van der Waals surface area contributed by atoms with Crippen molar-refractivity contribution in [1.82, 2.24) is 0 Å². The van der Waals surface area contributed by atoms with E-state index >= 15 is 0 Å². The molecule has 12 heteroatoms. The molecule has 1 heterocycles. The Morgan fingerprint density at radius 2 is 1.74 bits per heavy atom. The first-order chi connectivity index (χ1) is 20.4. The maximum atomic E-state index is 14.3. The third-order valence-corrected chi connectivity index (χ3v) is 8.02. The van der Waals surface area contributed by atoms with E-state index in [1.54, 1.807) is 55.5 Å². The number of ether oxygens (including phenoxy) is 3. The van der Waals surface area contributed by atoms with Crippen molar-refractivity contribution in [3.63, 3.8) is 0 Å². The second-order valence-corrected chi connectivity index (χ2v) is 11.3. The molecule has 43 heavy (non-hydrogen) atoms. The summed E-state index contributed by atoms with van der Waals surface area (Å²) in [7, 11) is 1.48. The van der Waals surface area contributed by atoms with E-state index in [2.05, 4.69) is 10.1 Å². The van der Waals surface area contributed by atoms with Gasteiger partial charge in [0.25, 0.3) is 5.91 Å². The molecular weight excluding hydrogens is 589 g/mol. The number of carbonyl (C=O) groups excluding carboxylic acids is 1. The monoisotopic (exact) mass is 618 g/mol. The Balaban J connectivity index is 1.46. The lowest BCUT2D eigenvalue weighted by Gasteiger charge is -2.27. The lowest BCUT2D eigenvalue weighted by molar-refractivity contribution is -0.274. The molecule has 0 bridgehead atoms. The molecule has 1 spiro atoms. The topological polar surface area (TPSA) is 97.3 Å². The summed E-state index contributed by atoms with van der Waals surface area (Å²) in [5.74, 6) is -1.45.